The average molecular weight is 221 g/mol. The van der Waals surface area contributed by atoms with Crippen LogP contribution >= 0.6 is 0 Å². The van der Waals surface area contributed by atoms with Crippen molar-refractivity contribution in [3.8, 4) is 11.5 Å². The molecular formula is C12H15NO3. The fraction of sp³-hybridized carbons (Fsp3) is 0.417. The third-order valence-electron chi connectivity index (χ3n) is 2.73. The predicted molar refractivity (Wildman–Crippen MR) is 60.0 cm³/mol. The zero-order valence-corrected chi connectivity index (χ0v) is 9.45. The number of benzene rings is 1. The summed E-state index contributed by atoms with van der Waals surface area (Å²) in [4.78, 5) is 12.0. The van der Waals surface area contributed by atoms with Crippen molar-refractivity contribution in [3.63, 3.8) is 0 Å². The number of hydrogen-bond donors (Lipinski definition) is 1. The number of ether oxygens (including phenoxy) is 2. The van der Waals surface area contributed by atoms with E-state index in [0.29, 0.717) is 17.1 Å². The van der Waals surface area contributed by atoms with Crippen molar-refractivity contribution in [2.45, 2.75) is 19.4 Å². The normalized spacial score (nSPS) is 14.9. The minimum Gasteiger partial charge on any atom is -0.454 e. The molecule has 1 aromatic rings. The van der Waals surface area contributed by atoms with Crippen LogP contribution in [-0.4, -0.2) is 25.7 Å². The minimum atomic E-state index is -0.139. The van der Waals surface area contributed by atoms with Gasteiger partial charge in [-0.1, -0.05) is 6.92 Å². The first kappa shape index (κ1) is 11.0. The molecule has 2 rings (SSSR count). The van der Waals surface area contributed by atoms with Crippen LogP contribution in [0.3, 0.4) is 0 Å². The van der Waals surface area contributed by atoms with Crippen LogP contribution in [-0.2, 0) is 0 Å². The van der Waals surface area contributed by atoms with Gasteiger partial charge in [0.05, 0.1) is 6.04 Å². The summed E-state index contributed by atoms with van der Waals surface area (Å²) in [7, 11) is 1.79. The molecule has 1 atom stereocenters. The molecule has 0 radical (unpaired) electrons. The Bertz CT molecular complexity index is 399. The summed E-state index contributed by atoms with van der Waals surface area (Å²) in [6, 6.07) is 5.15. The molecule has 0 saturated heterocycles. The van der Waals surface area contributed by atoms with E-state index in [1.54, 1.807) is 25.2 Å². The highest BCUT2D eigenvalue weighted by molar-refractivity contribution is 6.00. The van der Waals surface area contributed by atoms with Gasteiger partial charge in [0.1, 0.15) is 0 Å². The monoisotopic (exact) mass is 221 g/mol. The first-order valence-corrected chi connectivity index (χ1v) is 5.37. The Kier molecular flexibility index (Phi) is 3.10. The van der Waals surface area contributed by atoms with Crippen LogP contribution in [0, 0.1) is 0 Å². The van der Waals surface area contributed by atoms with Crippen LogP contribution in [0.2, 0.25) is 0 Å². The van der Waals surface area contributed by atoms with E-state index in [1.165, 1.54) is 0 Å². The number of carbonyl (C=O) groups excluding carboxylic acids is 1. The Morgan fingerprint density at radius 3 is 2.88 bits per heavy atom. The second kappa shape index (κ2) is 4.53. The standard InChI is InChI=1S/C12H15NO3/c1-3-9(13-2)12(14)8-4-5-10-11(6-8)16-7-15-10/h4-6,9,13H,3,7H2,1-2H3/t9-/m0/s1. The van der Waals surface area contributed by atoms with Gasteiger partial charge in [-0.2, -0.15) is 0 Å². The maximum Gasteiger partial charge on any atom is 0.231 e. The SMILES string of the molecule is CC[C@H](NC)C(=O)c1ccc2c(c1)OCO2. The molecule has 1 N–H and O–H groups in total. The van der Waals surface area contributed by atoms with Crippen molar-refractivity contribution in [1.82, 2.24) is 5.32 Å². The van der Waals surface area contributed by atoms with Gasteiger partial charge in [-0.15, -0.1) is 0 Å². The number of Topliss-reactive ketones (excluding diaryl/α,β-unsaturated/α-hetero) is 1. The highest BCUT2D eigenvalue weighted by Gasteiger charge is 2.20. The topological polar surface area (TPSA) is 47.6 Å². The molecule has 1 aliphatic rings. The van der Waals surface area contributed by atoms with E-state index in [0.717, 1.165) is 6.42 Å². The lowest BCUT2D eigenvalue weighted by Gasteiger charge is -2.12. The average Bonchev–Trinajstić information content (AvgIpc) is 2.77. The van der Waals surface area contributed by atoms with Gasteiger partial charge in [0.15, 0.2) is 17.3 Å². The molecule has 1 aromatic carbocycles. The Morgan fingerprint density at radius 1 is 1.44 bits per heavy atom. The quantitative estimate of drug-likeness (QED) is 0.784. The predicted octanol–water partition coefficient (Wildman–Crippen LogP) is 1.60. The number of nitrogens with one attached hydrogen (secondary N) is 1. The molecule has 1 aliphatic heterocycles. The molecule has 0 bridgehead atoms. The Balaban J connectivity index is 2.24. The largest absolute Gasteiger partial charge is 0.454 e. The third kappa shape index (κ3) is 1.88. The van der Waals surface area contributed by atoms with Crippen LogP contribution < -0.4 is 14.8 Å². The van der Waals surface area contributed by atoms with E-state index < -0.39 is 0 Å². The number of ketones is 1. The Labute approximate surface area is 94.6 Å². The summed E-state index contributed by atoms with van der Waals surface area (Å²) in [6.07, 6.45) is 0.768. The molecule has 4 heteroatoms. The summed E-state index contributed by atoms with van der Waals surface area (Å²) in [6.45, 7) is 2.21. The molecule has 1 heterocycles. The van der Waals surface area contributed by atoms with Gasteiger partial charge in [-0.05, 0) is 31.7 Å². The molecule has 0 unspecified atom stereocenters. The molecule has 0 aromatic heterocycles. The summed E-state index contributed by atoms with van der Waals surface area (Å²) in [5.41, 5.74) is 0.658. The summed E-state index contributed by atoms with van der Waals surface area (Å²) in [5.74, 6) is 1.44. The fourth-order valence-corrected chi connectivity index (χ4v) is 1.77. The van der Waals surface area contributed by atoms with Gasteiger partial charge >= 0.3 is 0 Å². The highest BCUT2D eigenvalue weighted by atomic mass is 16.7. The Hall–Kier alpha value is -1.55. The molecule has 4 nitrogen and oxygen atoms in total. The maximum atomic E-state index is 12.0. The first-order valence-electron chi connectivity index (χ1n) is 5.37. The van der Waals surface area contributed by atoms with Crippen molar-refractivity contribution in [1.29, 1.82) is 0 Å². The molecule has 16 heavy (non-hydrogen) atoms. The lowest BCUT2D eigenvalue weighted by molar-refractivity contribution is 0.0944. The van der Waals surface area contributed by atoms with Crippen LogP contribution in [0.5, 0.6) is 11.5 Å². The van der Waals surface area contributed by atoms with Crippen molar-refractivity contribution in [3.05, 3.63) is 23.8 Å². The summed E-state index contributed by atoms with van der Waals surface area (Å²) < 4.78 is 10.4. The summed E-state index contributed by atoms with van der Waals surface area (Å²) >= 11 is 0. The molecule has 86 valence electrons. The molecule has 0 aliphatic carbocycles. The van der Waals surface area contributed by atoms with Crippen LogP contribution in [0.25, 0.3) is 0 Å². The van der Waals surface area contributed by atoms with Crippen molar-refractivity contribution in [2.75, 3.05) is 13.8 Å². The van der Waals surface area contributed by atoms with Gasteiger partial charge in [0, 0.05) is 5.56 Å². The number of hydrogen-bond acceptors (Lipinski definition) is 4. The fourth-order valence-electron chi connectivity index (χ4n) is 1.77. The van der Waals surface area contributed by atoms with Crippen LogP contribution in [0.1, 0.15) is 23.7 Å². The summed E-state index contributed by atoms with van der Waals surface area (Å²) in [5, 5.41) is 3.00. The zero-order valence-electron chi connectivity index (χ0n) is 9.45. The van der Waals surface area contributed by atoms with E-state index in [1.807, 2.05) is 6.92 Å². The molecule has 0 fully saturated rings. The molecule has 0 spiro atoms. The van der Waals surface area contributed by atoms with Gasteiger partial charge in [-0.3, -0.25) is 4.79 Å². The van der Waals surface area contributed by atoms with Crippen molar-refractivity contribution >= 4 is 5.78 Å². The van der Waals surface area contributed by atoms with Gasteiger partial charge < -0.3 is 14.8 Å². The van der Waals surface area contributed by atoms with Gasteiger partial charge in [0.25, 0.3) is 0 Å². The maximum absolute atomic E-state index is 12.0. The Morgan fingerprint density at radius 2 is 2.19 bits per heavy atom. The van der Waals surface area contributed by atoms with Crippen LogP contribution in [0.15, 0.2) is 18.2 Å². The number of fused-ring (bicyclic) bond motifs is 1. The third-order valence-corrected chi connectivity index (χ3v) is 2.73. The van der Waals surface area contributed by atoms with E-state index in [4.69, 9.17) is 9.47 Å². The number of rotatable bonds is 4. The number of likely N-dealkylation sites (N-methyl/N-ethyl adjacent to an activating group) is 1. The molecule has 0 saturated carbocycles. The molecular weight excluding hydrogens is 206 g/mol. The smallest absolute Gasteiger partial charge is 0.231 e. The second-order valence-electron chi connectivity index (χ2n) is 3.68. The van der Waals surface area contributed by atoms with E-state index >= 15 is 0 Å². The van der Waals surface area contributed by atoms with E-state index in [9.17, 15) is 4.79 Å². The minimum absolute atomic E-state index is 0.0864. The second-order valence-corrected chi connectivity index (χ2v) is 3.68. The zero-order chi connectivity index (χ0) is 11.5. The lowest BCUT2D eigenvalue weighted by Crippen LogP contribution is -2.33. The first-order chi connectivity index (χ1) is 7.76. The van der Waals surface area contributed by atoms with Crippen molar-refractivity contribution < 1.29 is 14.3 Å². The van der Waals surface area contributed by atoms with E-state index in [-0.39, 0.29) is 18.6 Å². The van der Waals surface area contributed by atoms with Crippen LogP contribution in [0.4, 0.5) is 0 Å². The van der Waals surface area contributed by atoms with Gasteiger partial charge in [-0.25, -0.2) is 0 Å². The highest BCUT2D eigenvalue weighted by Crippen LogP contribution is 2.32. The van der Waals surface area contributed by atoms with Gasteiger partial charge in [0.2, 0.25) is 6.79 Å². The van der Waals surface area contributed by atoms with Crippen molar-refractivity contribution in [2.24, 2.45) is 0 Å². The number of carbonyl (C=O) groups is 1. The lowest BCUT2D eigenvalue weighted by atomic mass is 10.0. The van der Waals surface area contributed by atoms with E-state index in [2.05, 4.69) is 5.32 Å². The molecule has 0 amide bonds.